The van der Waals surface area contributed by atoms with Crippen molar-refractivity contribution in [1.29, 1.82) is 0 Å². The van der Waals surface area contributed by atoms with E-state index in [2.05, 4.69) is 5.32 Å². The van der Waals surface area contributed by atoms with Gasteiger partial charge in [0.1, 0.15) is 23.0 Å². The van der Waals surface area contributed by atoms with Crippen molar-refractivity contribution in [2.75, 3.05) is 12.4 Å². The number of nitrogens with one attached hydrogen (secondary N) is 1. The normalized spacial score (nSPS) is 22.8. The molecule has 1 N–H and O–H groups in total. The Morgan fingerprint density at radius 1 is 0.818 bits per heavy atom. The van der Waals surface area contributed by atoms with Crippen molar-refractivity contribution in [1.82, 2.24) is 4.90 Å². The zero-order chi connectivity index (χ0) is 30.6. The van der Waals surface area contributed by atoms with E-state index < -0.39 is 23.4 Å². The number of carbonyl (C=O) groups excluding carboxylic acids is 3. The lowest BCUT2D eigenvalue weighted by molar-refractivity contribution is -0.122. The van der Waals surface area contributed by atoms with Crippen molar-refractivity contribution < 1.29 is 23.9 Å². The summed E-state index contributed by atoms with van der Waals surface area (Å²) in [7, 11) is 1.57. The summed E-state index contributed by atoms with van der Waals surface area (Å²) in [6, 6.07) is 27.7. The minimum absolute atomic E-state index is 0.0254. The Morgan fingerprint density at radius 3 is 2.16 bits per heavy atom. The van der Waals surface area contributed by atoms with Crippen LogP contribution in [0.4, 0.5) is 5.69 Å². The lowest BCUT2D eigenvalue weighted by Crippen LogP contribution is -2.49. The second-order valence-electron chi connectivity index (χ2n) is 11.7. The van der Waals surface area contributed by atoms with E-state index in [0.29, 0.717) is 33.9 Å². The number of Topliss-reactive ketones (excluding diaryl/α,β-unsaturated/α-hetero) is 2. The van der Waals surface area contributed by atoms with Gasteiger partial charge in [0.05, 0.1) is 25.2 Å². The molecule has 3 aliphatic heterocycles. The summed E-state index contributed by atoms with van der Waals surface area (Å²) in [5.41, 5.74) is 2.67. The summed E-state index contributed by atoms with van der Waals surface area (Å²) in [6.45, 7) is 3.88. The lowest BCUT2D eigenvalue weighted by Gasteiger charge is -2.38. The van der Waals surface area contributed by atoms with Crippen LogP contribution in [-0.2, 0) is 10.2 Å². The number of para-hydroxylation sites is 1. The molecule has 7 nitrogen and oxygen atoms in total. The van der Waals surface area contributed by atoms with Gasteiger partial charge < -0.3 is 19.7 Å². The van der Waals surface area contributed by atoms with Crippen LogP contribution in [0.3, 0.4) is 0 Å². The number of rotatable bonds is 7. The van der Waals surface area contributed by atoms with Crippen LogP contribution in [0.2, 0.25) is 0 Å². The second-order valence-corrected chi connectivity index (χ2v) is 11.7. The van der Waals surface area contributed by atoms with Gasteiger partial charge >= 0.3 is 0 Å². The average molecular weight is 585 g/mol. The van der Waals surface area contributed by atoms with Crippen LogP contribution in [0, 0.1) is 5.92 Å². The van der Waals surface area contributed by atoms with Crippen LogP contribution < -0.4 is 14.8 Å². The number of amides is 1. The molecule has 1 fully saturated rings. The number of ketones is 2. The molecule has 220 valence electrons. The molecule has 1 spiro atoms. The summed E-state index contributed by atoms with van der Waals surface area (Å²) in [4.78, 5) is 46.1. The van der Waals surface area contributed by atoms with Crippen molar-refractivity contribution in [2.45, 2.75) is 37.5 Å². The molecule has 7 rings (SSSR count). The summed E-state index contributed by atoms with van der Waals surface area (Å²) in [6.07, 6.45) is 3.81. The van der Waals surface area contributed by atoms with Gasteiger partial charge in [-0.15, -0.1) is 0 Å². The highest BCUT2D eigenvalue weighted by Gasteiger charge is 2.70. The molecular weight excluding hydrogens is 552 g/mol. The van der Waals surface area contributed by atoms with E-state index in [1.165, 1.54) is 0 Å². The van der Waals surface area contributed by atoms with Crippen LogP contribution in [0.25, 0.3) is 6.08 Å². The van der Waals surface area contributed by atoms with Gasteiger partial charge in [0.25, 0.3) is 0 Å². The maximum absolute atomic E-state index is 15.0. The number of carbonyl (C=O) groups is 3. The van der Waals surface area contributed by atoms with Gasteiger partial charge in [-0.2, -0.15) is 0 Å². The SMILES string of the molecule is COc1ccc(C(=O)[C@@H]2[C@H](C(=O)c3ccc(OC(C)C)cc3)[C@]3(C(=O)Nc4ccccc43)[C@H]3c4ccccc4C=CN23)cc1. The van der Waals surface area contributed by atoms with E-state index in [0.717, 1.165) is 11.1 Å². The Hall–Kier alpha value is -5.17. The molecule has 3 aliphatic rings. The Morgan fingerprint density at radius 2 is 1.45 bits per heavy atom. The summed E-state index contributed by atoms with van der Waals surface area (Å²) >= 11 is 0. The minimum atomic E-state index is -1.38. The average Bonchev–Trinajstić information content (AvgIpc) is 3.52. The first-order chi connectivity index (χ1) is 21.3. The smallest absolute Gasteiger partial charge is 0.238 e. The highest BCUT2D eigenvalue weighted by atomic mass is 16.5. The van der Waals surface area contributed by atoms with Gasteiger partial charge in [0.15, 0.2) is 11.6 Å². The first-order valence-electron chi connectivity index (χ1n) is 14.8. The molecule has 3 heterocycles. The van der Waals surface area contributed by atoms with Crippen molar-refractivity contribution in [3.05, 3.63) is 131 Å². The predicted molar refractivity (Wildman–Crippen MR) is 168 cm³/mol. The highest BCUT2D eigenvalue weighted by Crippen LogP contribution is 2.62. The van der Waals surface area contributed by atoms with Crippen LogP contribution in [0.5, 0.6) is 11.5 Å². The molecule has 0 unspecified atom stereocenters. The van der Waals surface area contributed by atoms with Crippen LogP contribution in [0.1, 0.15) is 57.3 Å². The number of ether oxygens (including phenoxy) is 2. The zero-order valence-electron chi connectivity index (χ0n) is 24.7. The molecule has 0 radical (unpaired) electrons. The van der Waals surface area contributed by atoms with Crippen molar-refractivity contribution in [2.24, 2.45) is 5.92 Å². The van der Waals surface area contributed by atoms with E-state index in [1.807, 2.05) is 79.6 Å². The van der Waals surface area contributed by atoms with E-state index in [9.17, 15) is 14.4 Å². The summed E-state index contributed by atoms with van der Waals surface area (Å²) in [5.74, 6) is -0.592. The quantitative estimate of drug-likeness (QED) is 0.251. The van der Waals surface area contributed by atoms with E-state index in [-0.39, 0.29) is 23.6 Å². The zero-order valence-corrected chi connectivity index (χ0v) is 24.7. The maximum Gasteiger partial charge on any atom is 0.238 e. The Kier molecular flexibility index (Phi) is 6.61. The molecule has 4 atom stereocenters. The number of anilines is 1. The number of hydrogen-bond donors (Lipinski definition) is 1. The van der Waals surface area contributed by atoms with Gasteiger partial charge in [0.2, 0.25) is 5.91 Å². The fraction of sp³-hybridized carbons (Fsp3) is 0.216. The summed E-state index contributed by atoms with van der Waals surface area (Å²) < 4.78 is 11.2. The Labute approximate surface area is 256 Å². The highest BCUT2D eigenvalue weighted by molar-refractivity contribution is 6.16. The number of methoxy groups -OCH3 is 1. The monoisotopic (exact) mass is 584 g/mol. The lowest BCUT2D eigenvalue weighted by atomic mass is 9.62. The predicted octanol–water partition coefficient (Wildman–Crippen LogP) is 6.46. The third kappa shape index (κ3) is 4.07. The fourth-order valence-electron chi connectivity index (χ4n) is 7.24. The Bertz CT molecular complexity index is 1810. The number of hydrogen-bond acceptors (Lipinski definition) is 6. The maximum atomic E-state index is 15.0. The fourth-order valence-corrected chi connectivity index (χ4v) is 7.24. The third-order valence-corrected chi connectivity index (χ3v) is 9.01. The molecule has 4 aromatic carbocycles. The van der Waals surface area contributed by atoms with Crippen LogP contribution >= 0.6 is 0 Å². The molecule has 44 heavy (non-hydrogen) atoms. The van der Waals surface area contributed by atoms with E-state index in [4.69, 9.17) is 9.47 Å². The van der Waals surface area contributed by atoms with Gasteiger partial charge in [-0.05, 0) is 91.2 Å². The molecule has 0 aromatic heterocycles. The molecule has 1 amide bonds. The van der Waals surface area contributed by atoms with Crippen molar-refractivity contribution in [3.8, 4) is 11.5 Å². The molecule has 1 saturated heterocycles. The van der Waals surface area contributed by atoms with Crippen LogP contribution in [-0.4, -0.2) is 41.6 Å². The molecule has 0 saturated carbocycles. The van der Waals surface area contributed by atoms with E-state index in [1.54, 1.807) is 55.6 Å². The first-order valence-corrected chi connectivity index (χ1v) is 14.8. The second kappa shape index (κ2) is 10.5. The largest absolute Gasteiger partial charge is 0.497 e. The van der Waals surface area contributed by atoms with Crippen molar-refractivity contribution in [3.63, 3.8) is 0 Å². The molecule has 7 heteroatoms. The molecular formula is C37H32N2O5. The summed E-state index contributed by atoms with van der Waals surface area (Å²) in [5, 5.41) is 3.09. The number of nitrogens with zero attached hydrogens (tertiary/aromatic N) is 1. The number of fused-ring (bicyclic) bond motifs is 6. The van der Waals surface area contributed by atoms with Crippen molar-refractivity contribution >= 4 is 29.2 Å². The number of benzene rings is 4. The van der Waals surface area contributed by atoms with Gasteiger partial charge in [0, 0.05) is 23.0 Å². The third-order valence-electron chi connectivity index (χ3n) is 9.01. The van der Waals surface area contributed by atoms with Gasteiger partial charge in [-0.25, -0.2) is 0 Å². The molecule has 0 aliphatic carbocycles. The Balaban J connectivity index is 1.47. The van der Waals surface area contributed by atoms with Gasteiger partial charge in [-0.1, -0.05) is 42.5 Å². The van der Waals surface area contributed by atoms with Crippen LogP contribution in [0.15, 0.2) is 103 Å². The first kappa shape index (κ1) is 27.7. The molecule has 0 bridgehead atoms. The molecule has 4 aromatic rings. The van der Waals surface area contributed by atoms with E-state index >= 15 is 0 Å². The standard InChI is InChI=1S/C37H32N2O5/c1-22(2)44-27-18-14-24(15-19-27)33(40)31-32(34(41)25-12-16-26(43-3)17-13-25)39-21-20-23-8-4-5-9-28(23)35(39)37(31)29-10-6-7-11-30(29)38-36(37)42/h4-22,31-32,35H,1-3H3,(H,38,42)/t31-,32+,35-,37+/m1/s1. The topological polar surface area (TPSA) is 84.9 Å². The minimum Gasteiger partial charge on any atom is -0.497 e. The van der Waals surface area contributed by atoms with Gasteiger partial charge in [-0.3, -0.25) is 14.4 Å².